The minimum atomic E-state index is -2.20. The highest BCUT2D eigenvalue weighted by Crippen LogP contribution is 2.52. The molecule has 2 rings (SSSR count). The molecule has 0 spiro atoms. The molecule has 0 heterocycles. The minimum Gasteiger partial charge on any atom is -0.478 e. The number of carboxylic acid groups (broad SMARTS) is 1. The zero-order valence-corrected chi connectivity index (χ0v) is 17.9. The Balaban J connectivity index is 2.21. The summed E-state index contributed by atoms with van der Waals surface area (Å²) in [5, 5.41) is 20.1. The molecule has 0 amide bonds. The van der Waals surface area contributed by atoms with Crippen molar-refractivity contribution in [1.29, 1.82) is 0 Å². The third-order valence-electron chi connectivity index (χ3n) is 6.38. The Hall–Kier alpha value is -2.73. The Morgan fingerprint density at radius 3 is 2.67 bits per heavy atom. The second kappa shape index (κ2) is 8.96. The summed E-state index contributed by atoms with van der Waals surface area (Å²) in [6.45, 7) is 11.2. The van der Waals surface area contributed by atoms with Gasteiger partial charge in [0, 0.05) is 17.4 Å². The molecule has 0 aromatic heterocycles. The number of allylic oxidation sites excluding steroid dienone is 5. The average molecular weight is 414 g/mol. The molecule has 0 saturated heterocycles. The van der Waals surface area contributed by atoms with Crippen molar-refractivity contribution in [2.45, 2.75) is 52.2 Å². The summed E-state index contributed by atoms with van der Waals surface area (Å²) in [7, 11) is 0. The van der Waals surface area contributed by atoms with E-state index in [1.54, 1.807) is 18.2 Å². The van der Waals surface area contributed by atoms with E-state index in [4.69, 9.17) is 4.74 Å². The van der Waals surface area contributed by atoms with E-state index in [1.807, 2.05) is 26.0 Å². The number of carboxylic acids is 1. The van der Waals surface area contributed by atoms with E-state index in [0.29, 0.717) is 11.5 Å². The van der Waals surface area contributed by atoms with Crippen molar-refractivity contribution in [3.05, 3.63) is 60.3 Å². The SMILES string of the molecule is C=C(C(=O)O)[C@]1(O)C[C@@]2(C)C(=CC1=O)C=C[C@H](OC(=O)/C=C/C=C/C(C)CC)[C@@H]2C. The molecule has 0 aromatic carbocycles. The fourth-order valence-electron chi connectivity index (χ4n) is 3.81. The molecule has 2 aliphatic rings. The number of hydrogen-bond acceptors (Lipinski definition) is 5. The summed E-state index contributed by atoms with van der Waals surface area (Å²) in [4.78, 5) is 36.0. The van der Waals surface area contributed by atoms with Crippen LogP contribution in [0.1, 0.15) is 40.5 Å². The van der Waals surface area contributed by atoms with Crippen LogP contribution in [0, 0.1) is 17.3 Å². The van der Waals surface area contributed by atoms with Crippen molar-refractivity contribution in [3.8, 4) is 0 Å². The first-order valence-electron chi connectivity index (χ1n) is 10.1. The van der Waals surface area contributed by atoms with Gasteiger partial charge in [-0.3, -0.25) is 4.79 Å². The predicted octanol–water partition coefficient (Wildman–Crippen LogP) is 3.54. The molecule has 2 N–H and O–H groups in total. The molecule has 0 bridgehead atoms. The molecule has 2 aliphatic carbocycles. The van der Waals surface area contributed by atoms with E-state index in [9.17, 15) is 24.6 Å². The zero-order valence-electron chi connectivity index (χ0n) is 17.9. The van der Waals surface area contributed by atoms with Crippen molar-refractivity contribution in [2.24, 2.45) is 17.3 Å². The molecule has 1 unspecified atom stereocenters. The quantitative estimate of drug-likeness (QED) is 0.375. The second-order valence-corrected chi connectivity index (χ2v) is 8.38. The van der Waals surface area contributed by atoms with Crippen LogP contribution in [0.5, 0.6) is 0 Å². The number of esters is 1. The summed E-state index contributed by atoms with van der Waals surface area (Å²) < 4.78 is 5.58. The van der Waals surface area contributed by atoms with E-state index in [2.05, 4.69) is 20.4 Å². The smallest absolute Gasteiger partial charge is 0.334 e. The second-order valence-electron chi connectivity index (χ2n) is 8.38. The monoisotopic (exact) mass is 414 g/mol. The Morgan fingerprint density at radius 2 is 2.07 bits per heavy atom. The van der Waals surface area contributed by atoms with Gasteiger partial charge >= 0.3 is 11.9 Å². The van der Waals surface area contributed by atoms with Crippen LogP contribution in [0.4, 0.5) is 0 Å². The molecular formula is C24H30O6. The summed E-state index contributed by atoms with van der Waals surface area (Å²) in [6, 6.07) is 0. The number of rotatable bonds is 7. The van der Waals surface area contributed by atoms with Crippen LogP contribution in [0.15, 0.2) is 60.3 Å². The standard InChI is InChI=1S/C24H30O6/c1-6-15(2)9-7-8-10-21(26)30-19-12-11-18-13-20(25)24(29,17(4)22(27)28)14-23(18,5)16(19)3/h7-13,15-16,19,29H,4,6,14H2,1-3,5H3,(H,27,28)/b9-7+,10-8+/t15?,16-,19-,23+,24+/m0/s1. The van der Waals surface area contributed by atoms with Gasteiger partial charge in [-0.15, -0.1) is 0 Å². The lowest BCUT2D eigenvalue weighted by Gasteiger charge is -2.48. The Labute approximate surface area is 177 Å². The largest absolute Gasteiger partial charge is 0.478 e. The van der Waals surface area contributed by atoms with E-state index in [1.165, 1.54) is 12.2 Å². The van der Waals surface area contributed by atoms with E-state index >= 15 is 0 Å². The number of aliphatic carboxylic acids is 1. The fraction of sp³-hybridized carbons (Fsp3) is 0.458. The van der Waals surface area contributed by atoms with Crippen molar-refractivity contribution in [2.75, 3.05) is 0 Å². The van der Waals surface area contributed by atoms with Gasteiger partial charge in [0.25, 0.3) is 0 Å². The third-order valence-corrected chi connectivity index (χ3v) is 6.38. The van der Waals surface area contributed by atoms with Gasteiger partial charge in [-0.25, -0.2) is 9.59 Å². The van der Waals surface area contributed by atoms with Crippen LogP contribution in [-0.2, 0) is 19.1 Å². The van der Waals surface area contributed by atoms with Crippen LogP contribution >= 0.6 is 0 Å². The number of fused-ring (bicyclic) bond motifs is 1. The number of aliphatic hydroxyl groups is 1. The highest BCUT2D eigenvalue weighted by Gasteiger charge is 2.54. The summed E-state index contributed by atoms with van der Waals surface area (Å²) in [5.41, 5.74) is -2.86. The average Bonchev–Trinajstić information content (AvgIpc) is 2.69. The summed E-state index contributed by atoms with van der Waals surface area (Å²) in [6.07, 6.45) is 11.7. The number of ether oxygens (including phenoxy) is 1. The van der Waals surface area contributed by atoms with E-state index in [0.717, 1.165) is 6.42 Å². The zero-order chi connectivity index (χ0) is 22.7. The van der Waals surface area contributed by atoms with Gasteiger partial charge in [-0.05, 0) is 30.1 Å². The highest BCUT2D eigenvalue weighted by atomic mass is 16.5. The Morgan fingerprint density at radius 1 is 1.40 bits per heavy atom. The molecule has 5 atom stereocenters. The summed E-state index contributed by atoms with van der Waals surface area (Å²) in [5.74, 6) is -2.51. The Kier molecular flexibility index (Phi) is 7.03. The predicted molar refractivity (Wildman–Crippen MR) is 113 cm³/mol. The number of carbonyl (C=O) groups is 3. The van der Waals surface area contributed by atoms with Gasteiger partial charge in [-0.2, -0.15) is 0 Å². The summed E-state index contributed by atoms with van der Waals surface area (Å²) >= 11 is 0. The van der Waals surface area contributed by atoms with Crippen molar-refractivity contribution in [1.82, 2.24) is 0 Å². The van der Waals surface area contributed by atoms with E-state index < -0.39 is 40.4 Å². The van der Waals surface area contributed by atoms with Crippen LogP contribution in [0.25, 0.3) is 0 Å². The number of carbonyl (C=O) groups excluding carboxylic acids is 2. The van der Waals surface area contributed by atoms with Crippen molar-refractivity contribution >= 4 is 17.7 Å². The topological polar surface area (TPSA) is 101 Å². The molecule has 30 heavy (non-hydrogen) atoms. The maximum atomic E-state index is 12.5. The molecule has 162 valence electrons. The van der Waals surface area contributed by atoms with Crippen LogP contribution in [0.2, 0.25) is 0 Å². The first-order valence-corrected chi connectivity index (χ1v) is 10.1. The first kappa shape index (κ1) is 23.5. The van der Waals surface area contributed by atoms with Gasteiger partial charge in [-0.1, -0.05) is 65.0 Å². The van der Waals surface area contributed by atoms with Crippen molar-refractivity contribution < 1.29 is 29.3 Å². The molecule has 0 aliphatic heterocycles. The fourth-order valence-corrected chi connectivity index (χ4v) is 3.81. The van der Waals surface area contributed by atoms with Gasteiger partial charge in [0.15, 0.2) is 11.4 Å². The molecule has 6 heteroatoms. The lowest BCUT2D eigenvalue weighted by atomic mass is 9.57. The number of hydrogen-bond donors (Lipinski definition) is 2. The maximum Gasteiger partial charge on any atom is 0.334 e. The van der Waals surface area contributed by atoms with Crippen molar-refractivity contribution in [3.63, 3.8) is 0 Å². The third kappa shape index (κ3) is 4.54. The first-order chi connectivity index (χ1) is 14.0. The maximum absolute atomic E-state index is 12.5. The molecule has 6 nitrogen and oxygen atoms in total. The lowest BCUT2D eigenvalue weighted by Crippen LogP contribution is -2.53. The van der Waals surface area contributed by atoms with Gasteiger partial charge in [0.05, 0.1) is 5.57 Å². The molecule has 0 radical (unpaired) electrons. The van der Waals surface area contributed by atoms with Gasteiger partial charge < -0.3 is 14.9 Å². The molecule has 0 aromatic rings. The number of ketones is 1. The molecule has 0 saturated carbocycles. The molecular weight excluding hydrogens is 384 g/mol. The van der Waals surface area contributed by atoms with Crippen LogP contribution in [0.3, 0.4) is 0 Å². The normalized spacial score (nSPS) is 32.0. The Bertz CT molecular complexity index is 861. The molecule has 0 fully saturated rings. The van der Waals surface area contributed by atoms with E-state index in [-0.39, 0.29) is 12.3 Å². The highest BCUT2D eigenvalue weighted by molar-refractivity contribution is 6.08. The van der Waals surface area contributed by atoms with Gasteiger partial charge in [0.1, 0.15) is 6.10 Å². The van der Waals surface area contributed by atoms with Crippen LogP contribution < -0.4 is 0 Å². The van der Waals surface area contributed by atoms with Crippen LogP contribution in [-0.4, -0.2) is 39.6 Å². The lowest BCUT2D eigenvalue weighted by molar-refractivity contribution is -0.148. The minimum absolute atomic E-state index is 0.150. The van der Waals surface area contributed by atoms with Gasteiger partial charge in [0.2, 0.25) is 0 Å².